The Morgan fingerprint density at radius 3 is 2.39 bits per heavy atom. The van der Waals surface area contributed by atoms with Gasteiger partial charge < -0.3 is 19.8 Å². The third-order valence-corrected chi connectivity index (χ3v) is 8.34. The standard InChI is InChI=1S/C32H30Cl2N4O8/c33-20-9-4-10-21(34)28(20)32(44)46-18-25(39)23(17-19-7-2-1-3-8-19)36-29(41)24-11-5-15-37-27(40)14-13-22(31(43)38(24)37)35-30(42)26-12-6-16-45-26/h1-4,6-10,12,16,22-24H,5,11,13-15,17-18H2,(H,35,42)(H,36,41)/t22?,23-,24-/m0/s1. The molecule has 3 atom stereocenters. The van der Waals surface area contributed by atoms with E-state index >= 15 is 0 Å². The highest BCUT2D eigenvalue weighted by atomic mass is 35.5. The van der Waals surface area contributed by atoms with Crippen LogP contribution in [0.3, 0.4) is 0 Å². The van der Waals surface area contributed by atoms with Gasteiger partial charge in [0, 0.05) is 13.0 Å². The quantitative estimate of drug-likeness (QED) is 0.312. The Kier molecular flexibility index (Phi) is 10.4. The van der Waals surface area contributed by atoms with Crippen molar-refractivity contribution in [2.24, 2.45) is 0 Å². The summed E-state index contributed by atoms with van der Waals surface area (Å²) < 4.78 is 10.4. The first kappa shape index (κ1) is 32.7. The summed E-state index contributed by atoms with van der Waals surface area (Å²) in [4.78, 5) is 79.5. The molecule has 2 fully saturated rings. The van der Waals surface area contributed by atoms with Gasteiger partial charge in [-0.05, 0) is 55.5 Å². The van der Waals surface area contributed by atoms with Gasteiger partial charge >= 0.3 is 5.97 Å². The van der Waals surface area contributed by atoms with Crippen molar-refractivity contribution >= 4 is 58.6 Å². The van der Waals surface area contributed by atoms with Crippen molar-refractivity contribution < 1.29 is 37.9 Å². The van der Waals surface area contributed by atoms with Gasteiger partial charge in [0.15, 0.2) is 18.2 Å². The number of carbonyl (C=O) groups excluding carboxylic acids is 6. The van der Waals surface area contributed by atoms with Crippen molar-refractivity contribution in [2.45, 2.75) is 50.2 Å². The van der Waals surface area contributed by atoms with Gasteiger partial charge in [0.05, 0.1) is 27.9 Å². The lowest BCUT2D eigenvalue weighted by Crippen LogP contribution is -2.64. The lowest BCUT2D eigenvalue weighted by atomic mass is 10.0. The molecular formula is C32H30Cl2N4O8. The minimum Gasteiger partial charge on any atom is -0.459 e. The maximum atomic E-state index is 13.8. The zero-order valence-corrected chi connectivity index (χ0v) is 26.0. The number of rotatable bonds is 10. The number of nitrogens with one attached hydrogen (secondary N) is 2. The molecule has 3 heterocycles. The molecule has 2 aliphatic heterocycles. The van der Waals surface area contributed by atoms with Crippen LogP contribution in [-0.4, -0.2) is 76.7 Å². The lowest BCUT2D eigenvalue weighted by Gasteiger charge is -2.43. The van der Waals surface area contributed by atoms with Crippen LogP contribution in [0.2, 0.25) is 10.0 Å². The molecule has 4 amide bonds. The van der Waals surface area contributed by atoms with Crippen molar-refractivity contribution in [1.29, 1.82) is 0 Å². The third-order valence-electron chi connectivity index (χ3n) is 7.71. The highest BCUT2D eigenvalue weighted by Crippen LogP contribution is 2.27. The Hall–Kier alpha value is -4.68. The van der Waals surface area contributed by atoms with Crippen LogP contribution in [-0.2, 0) is 30.3 Å². The second-order valence-electron chi connectivity index (χ2n) is 10.8. The number of carbonyl (C=O) groups is 6. The summed E-state index contributed by atoms with van der Waals surface area (Å²) in [5, 5.41) is 7.76. The summed E-state index contributed by atoms with van der Waals surface area (Å²) in [5.41, 5.74) is 0.622. The molecule has 14 heteroatoms. The number of benzene rings is 2. The molecule has 2 aromatic carbocycles. The summed E-state index contributed by atoms with van der Waals surface area (Å²) in [7, 11) is 0. The van der Waals surface area contributed by atoms with Gasteiger partial charge in [-0.3, -0.25) is 29.0 Å². The summed E-state index contributed by atoms with van der Waals surface area (Å²) >= 11 is 12.2. The van der Waals surface area contributed by atoms with E-state index in [2.05, 4.69) is 10.6 Å². The Bertz CT molecular complexity index is 1610. The number of nitrogens with zero attached hydrogens (tertiary/aromatic N) is 2. The molecule has 2 N–H and O–H groups in total. The fraction of sp³-hybridized carbons (Fsp3) is 0.312. The van der Waals surface area contributed by atoms with Gasteiger partial charge in [0.1, 0.15) is 12.1 Å². The molecule has 240 valence electrons. The lowest BCUT2D eigenvalue weighted by molar-refractivity contribution is -0.176. The minimum atomic E-state index is -1.16. The molecule has 0 spiro atoms. The first-order chi connectivity index (χ1) is 22.1. The van der Waals surface area contributed by atoms with E-state index in [1.807, 2.05) is 0 Å². The average Bonchev–Trinajstić information content (AvgIpc) is 3.57. The number of esters is 1. The van der Waals surface area contributed by atoms with E-state index < -0.39 is 54.2 Å². The normalized spacial score (nSPS) is 18.7. The highest BCUT2D eigenvalue weighted by molar-refractivity contribution is 6.39. The summed E-state index contributed by atoms with van der Waals surface area (Å²) in [5.74, 6) is -3.86. The number of Topliss-reactive ketones (excluding diaryl/α,β-unsaturated/α-hetero) is 1. The molecule has 3 aromatic rings. The molecule has 0 radical (unpaired) electrons. The van der Waals surface area contributed by atoms with E-state index in [1.54, 1.807) is 36.4 Å². The van der Waals surface area contributed by atoms with Crippen molar-refractivity contribution in [3.8, 4) is 0 Å². The monoisotopic (exact) mass is 668 g/mol. The van der Waals surface area contributed by atoms with Crippen molar-refractivity contribution in [2.75, 3.05) is 13.2 Å². The Labute approximate surface area is 273 Å². The van der Waals surface area contributed by atoms with Gasteiger partial charge in [-0.25, -0.2) is 9.80 Å². The summed E-state index contributed by atoms with van der Waals surface area (Å²) in [6.45, 7) is -0.489. The van der Waals surface area contributed by atoms with Gasteiger partial charge in [0.2, 0.25) is 11.8 Å². The van der Waals surface area contributed by atoms with Gasteiger partial charge in [-0.2, -0.15) is 0 Å². The number of halogens is 2. The van der Waals surface area contributed by atoms with Gasteiger partial charge in [0.25, 0.3) is 11.8 Å². The fourth-order valence-corrected chi connectivity index (χ4v) is 5.96. The molecule has 2 aliphatic rings. The number of furan rings is 1. The third kappa shape index (κ3) is 7.40. The molecule has 0 aliphatic carbocycles. The van der Waals surface area contributed by atoms with Crippen LogP contribution >= 0.6 is 23.2 Å². The number of ether oxygens (including phenoxy) is 1. The molecule has 46 heavy (non-hydrogen) atoms. The van der Waals surface area contributed by atoms with E-state index in [4.69, 9.17) is 32.4 Å². The van der Waals surface area contributed by atoms with Crippen LogP contribution in [0, 0.1) is 0 Å². The van der Waals surface area contributed by atoms with E-state index in [9.17, 15) is 28.8 Å². The first-order valence-corrected chi connectivity index (χ1v) is 15.4. The molecule has 12 nitrogen and oxygen atoms in total. The summed E-state index contributed by atoms with van der Waals surface area (Å²) in [6, 6.07) is 12.9. The van der Waals surface area contributed by atoms with Crippen LogP contribution in [0.15, 0.2) is 71.3 Å². The average molecular weight is 670 g/mol. The predicted molar refractivity (Wildman–Crippen MR) is 165 cm³/mol. The molecule has 1 aromatic heterocycles. The topological polar surface area (TPSA) is 155 Å². The van der Waals surface area contributed by atoms with Crippen LogP contribution in [0.25, 0.3) is 0 Å². The van der Waals surface area contributed by atoms with E-state index in [1.165, 1.54) is 35.5 Å². The highest BCUT2D eigenvalue weighted by Gasteiger charge is 2.45. The van der Waals surface area contributed by atoms with Crippen LogP contribution in [0.5, 0.6) is 0 Å². The van der Waals surface area contributed by atoms with Gasteiger partial charge in [-0.15, -0.1) is 0 Å². The Morgan fingerprint density at radius 2 is 1.70 bits per heavy atom. The van der Waals surface area contributed by atoms with Crippen LogP contribution < -0.4 is 10.6 Å². The maximum absolute atomic E-state index is 13.8. The van der Waals surface area contributed by atoms with Crippen LogP contribution in [0.4, 0.5) is 0 Å². The van der Waals surface area contributed by atoms with E-state index in [-0.39, 0.29) is 59.5 Å². The molecule has 0 bridgehead atoms. The number of hydrazine groups is 1. The van der Waals surface area contributed by atoms with Crippen molar-refractivity contribution in [3.05, 3.63) is 93.9 Å². The zero-order valence-electron chi connectivity index (χ0n) is 24.4. The Balaban J connectivity index is 1.34. The SMILES string of the molecule is O=C(NC1CCC(=O)N2CCC[C@@H](C(=O)N[C@@H](Cc3ccccc3)C(=O)COC(=O)c3c(Cl)cccc3Cl)N2C1=O)c1ccco1. The molecule has 0 saturated carbocycles. The maximum Gasteiger partial charge on any atom is 0.341 e. The number of ketones is 1. The smallest absolute Gasteiger partial charge is 0.341 e. The van der Waals surface area contributed by atoms with Gasteiger partial charge in [-0.1, -0.05) is 59.6 Å². The zero-order chi connectivity index (χ0) is 32.8. The first-order valence-electron chi connectivity index (χ1n) is 14.6. The Morgan fingerprint density at radius 1 is 0.957 bits per heavy atom. The van der Waals surface area contributed by atoms with E-state index in [0.29, 0.717) is 12.0 Å². The largest absolute Gasteiger partial charge is 0.459 e. The van der Waals surface area contributed by atoms with E-state index in [0.717, 1.165) is 5.01 Å². The molecule has 5 rings (SSSR count). The molecular weight excluding hydrogens is 639 g/mol. The number of hydrogen-bond acceptors (Lipinski definition) is 8. The van der Waals surface area contributed by atoms with Crippen LogP contribution in [0.1, 0.15) is 52.2 Å². The summed E-state index contributed by atoms with van der Waals surface area (Å²) in [6.07, 6.45) is 2.00. The predicted octanol–water partition coefficient (Wildman–Crippen LogP) is 3.37. The number of amides is 4. The second-order valence-corrected chi connectivity index (χ2v) is 11.6. The number of fused-ring (bicyclic) bond motifs is 1. The van der Waals surface area contributed by atoms with Crippen molar-refractivity contribution in [1.82, 2.24) is 20.7 Å². The fourth-order valence-electron chi connectivity index (χ4n) is 5.41. The number of hydrogen-bond donors (Lipinski definition) is 2. The van der Waals surface area contributed by atoms with Crippen molar-refractivity contribution in [3.63, 3.8) is 0 Å². The minimum absolute atomic E-state index is 0.00654. The second kappa shape index (κ2) is 14.6. The molecule has 2 saturated heterocycles. The molecule has 1 unspecified atom stereocenters.